The normalized spacial score (nSPS) is 12.2. The molecule has 160 valence electrons. The molecule has 0 fully saturated rings. The van der Waals surface area contributed by atoms with Crippen LogP contribution in [-0.4, -0.2) is 34.4 Å². The number of nitrogens with one attached hydrogen (secondary N) is 1. The molecule has 0 aliphatic rings. The molecule has 0 saturated heterocycles. The van der Waals surface area contributed by atoms with Gasteiger partial charge in [-0.2, -0.15) is 0 Å². The molecule has 0 saturated carbocycles. The molecule has 1 aromatic heterocycles. The fourth-order valence-corrected chi connectivity index (χ4v) is 3.08. The lowest BCUT2D eigenvalue weighted by atomic mass is 9.91. The van der Waals surface area contributed by atoms with Gasteiger partial charge in [0.15, 0.2) is 11.5 Å². The van der Waals surface area contributed by atoms with Crippen LogP contribution in [0.25, 0.3) is 0 Å². The Morgan fingerprint density at radius 2 is 1.83 bits per heavy atom. The van der Waals surface area contributed by atoms with E-state index in [2.05, 4.69) is 26.2 Å². The van der Waals surface area contributed by atoms with Crippen molar-refractivity contribution in [2.75, 3.05) is 6.61 Å². The quantitative estimate of drug-likeness (QED) is 0.555. The number of rotatable bonds is 8. The van der Waals surface area contributed by atoms with E-state index >= 15 is 0 Å². The molecule has 7 nitrogen and oxygen atoms in total. The Morgan fingerprint density at radius 1 is 1.17 bits per heavy atom. The second-order valence-electron chi connectivity index (χ2n) is 7.93. The lowest BCUT2D eigenvalue weighted by molar-refractivity contribution is -0.137. The summed E-state index contributed by atoms with van der Waals surface area (Å²) in [5.74, 6) is -1.26. The van der Waals surface area contributed by atoms with Crippen molar-refractivity contribution in [3.63, 3.8) is 0 Å². The number of aromatic nitrogens is 1. The standard InChI is InChI=1S/C22H25BrN2O5/c1-13-7-5-6-8-14(13)16(11-19(27)28)25-21(29)15-9-10-17(20(23)24-15)30-12-18(26)22(2,3)4/h5-10,16H,11-12H2,1-4H3,(H,25,29)(H,27,28)/t16-/m0/s1. The number of aryl methyl sites for hydroxylation is 1. The Morgan fingerprint density at radius 3 is 2.40 bits per heavy atom. The smallest absolute Gasteiger partial charge is 0.305 e. The van der Waals surface area contributed by atoms with Crippen LogP contribution in [-0.2, 0) is 9.59 Å². The van der Waals surface area contributed by atoms with E-state index in [4.69, 9.17) is 4.74 Å². The summed E-state index contributed by atoms with van der Waals surface area (Å²) in [4.78, 5) is 40.2. The van der Waals surface area contributed by atoms with Gasteiger partial charge in [0.2, 0.25) is 0 Å². The number of ether oxygens (including phenoxy) is 1. The van der Waals surface area contributed by atoms with Crippen LogP contribution in [0.15, 0.2) is 41.0 Å². The summed E-state index contributed by atoms with van der Waals surface area (Å²) in [5, 5.41) is 12.0. The second kappa shape index (κ2) is 9.84. The molecule has 30 heavy (non-hydrogen) atoms. The molecule has 0 aliphatic carbocycles. The van der Waals surface area contributed by atoms with Gasteiger partial charge in [0.1, 0.15) is 16.9 Å². The maximum absolute atomic E-state index is 12.7. The van der Waals surface area contributed by atoms with Gasteiger partial charge in [0.25, 0.3) is 5.91 Å². The van der Waals surface area contributed by atoms with Crippen LogP contribution in [0.1, 0.15) is 54.8 Å². The molecule has 0 spiro atoms. The zero-order valence-corrected chi connectivity index (χ0v) is 18.9. The maximum atomic E-state index is 12.7. The number of carbonyl (C=O) groups excluding carboxylic acids is 2. The number of Topliss-reactive ketones (excluding diaryl/α,β-unsaturated/α-hetero) is 1. The van der Waals surface area contributed by atoms with Gasteiger partial charge in [0, 0.05) is 5.41 Å². The topological polar surface area (TPSA) is 106 Å². The molecule has 2 N–H and O–H groups in total. The molecule has 2 aromatic rings. The first-order valence-electron chi connectivity index (χ1n) is 9.40. The van der Waals surface area contributed by atoms with E-state index in [9.17, 15) is 19.5 Å². The van der Waals surface area contributed by atoms with Crippen LogP contribution in [0.4, 0.5) is 0 Å². The number of hydrogen-bond acceptors (Lipinski definition) is 5. The van der Waals surface area contributed by atoms with E-state index < -0.39 is 23.3 Å². The predicted octanol–water partition coefficient (Wildman–Crippen LogP) is 4.09. The fraction of sp³-hybridized carbons (Fsp3) is 0.364. The van der Waals surface area contributed by atoms with Crippen LogP contribution in [0.2, 0.25) is 0 Å². The largest absolute Gasteiger partial charge is 0.483 e. The SMILES string of the molecule is Cc1ccccc1[C@H](CC(=O)O)NC(=O)c1ccc(OCC(=O)C(C)(C)C)c(Br)n1. The monoisotopic (exact) mass is 476 g/mol. The van der Waals surface area contributed by atoms with Crippen molar-refractivity contribution in [2.24, 2.45) is 5.41 Å². The number of aliphatic carboxylic acids is 1. The molecule has 1 aromatic carbocycles. The molecule has 0 unspecified atom stereocenters. The Bertz CT molecular complexity index is 953. The summed E-state index contributed by atoms with van der Waals surface area (Å²) in [6.45, 7) is 7.17. The van der Waals surface area contributed by atoms with Crippen molar-refractivity contribution < 1.29 is 24.2 Å². The number of carboxylic acids is 1. The number of benzene rings is 1. The van der Waals surface area contributed by atoms with E-state index in [1.54, 1.807) is 39.0 Å². The number of pyridine rings is 1. The summed E-state index contributed by atoms with van der Waals surface area (Å²) in [5.41, 5.74) is 1.19. The molecular formula is C22H25BrN2O5. The van der Waals surface area contributed by atoms with E-state index in [0.717, 1.165) is 11.1 Å². The maximum Gasteiger partial charge on any atom is 0.305 e. The van der Waals surface area contributed by atoms with Crippen molar-refractivity contribution in [1.82, 2.24) is 10.3 Å². The number of hydrogen-bond donors (Lipinski definition) is 2. The zero-order chi connectivity index (χ0) is 22.5. The summed E-state index contributed by atoms with van der Waals surface area (Å²) in [6, 6.07) is 9.60. The summed E-state index contributed by atoms with van der Waals surface area (Å²) >= 11 is 3.26. The van der Waals surface area contributed by atoms with Gasteiger partial charge in [0.05, 0.1) is 12.5 Å². The second-order valence-corrected chi connectivity index (χ2v) is 8.68. The van der Waals surface area contributed by atoms with Gasteiger partial charge in [-0.3, -0.25) is 14.4 Å². The highest BCUT2D eigenvalue weighted by Gasteiger charge is 2.23. The van der Waals surface area contributed by atoms with E-state index in [-0.39, 0.29) is 29.1 Å². The van der Waals surface area contributed by atoms with Gasteiger partial charge in [-0.05, 0) is 46.1 Å². The number of ketones is 1. The van der Waals surface area contributed by atoms with Crippen molar-refractivity contribution in [3.05, 3.63) is 57.8 Å². The Balaban J connectivity index is 2.15. The minimum Gasteiger partial charge on any atom is -0.483 e. The van der Waals surface area contributed by atoms with Crippen LogP contribution in [0.5, 0.6) is 5.75 Å². The molecule has 0 radical (unpaired) electrons. The van der Waals surface area contributed by atoms with E-state index in [1.807, 2.05) is 19.1 Å². The van der Waals surface area contributed by atoms with Crippen molar-refractivity contribution >= 4 is 33.6 Å². The lowest BCUT2D eigenvalue weighted by Crippen LogP contribution is -2.31. The summed E-state index contributed by atoms with van der Waals surface area (Å²) in [7, 11) is 0. The van der Waals surface area contributed by atoms with Gasteiger partial charge < -0.3 is 15.2 Å². The molecular weight excluding hydrogens is 452 g/mol. The van der Waals surface area contributed by atoms with Gasteiger partial charge in [-0.1, -0.05) is 45.0 Å². The van der Waals surface area contributed by atoms with E-state index in [1.165, 1.54) is 6.07 Å². The van der Waals surface area contributed by atoms with Crippen molar-refractivity contribution in [2.45, 2.75) is 40.2 Å². The summed E-state index contributed by atoms with van der Waals surface area (Å²) in [6.07, 6.45) is -0.256. The van der Waals surface area contributed by atoms with E-state index in [0.29, 0.717) is 5.75 Å². The minimum absolute atomic E-state index is 0.0639. The first kappa shape index (κ1) is 23.5. The molecule has 2 rings (SSSR count). The first-order chi connectivity index (χ1) is 14.0. The summed E-state index contributed by atoms with van der Waals surface area (Å²) < 4.78 is 5.79. The van der Waals surface area contributed by atoms with Crippen molar-refractivity contribution in [3.8, 4) is 5.75 Å². The molecule has 1 heterocycles. The van der Waals surface area contributed by atoms with Crippen LogP contribution in [0, 0.1) is 12.3 Å². The average Bonchev–Trinajstić information content (AvgIpc) is 2.65. The third kappa shape index (κ3) is 6.38. The van der Waals surface area contributed by atoms with Gasteiger partial charge in [-0.25, -0.2) is 4.98 Å². The van der Waals surface area contributed by atoms with Crippen LogP contribution in [0.3, 0.4) is 0 Å². The lowest BCUT2D eigenvalue weighted by Gasteiger charge is -2.19. The Labute approximate surface area is 184 Å². The van der Waals surface area contributed by atoms with Crippen LogP contribution < -0.4 is 10.1 Å². The molecule has 0 bridgehead atoms. The Hall–Kier alpha value is -2.74. The van der Waals surface area contributed by atoms with Crippen LogP contribution >= 0.6 is 15.9 Å². The Kier molecular flexibility index (Phi) is 7.72. The molecule has 8 heteroatoms. The number of halogens is 1. The molecule has 1 atom stereocenters. The minimum atomic E-state index is -1.02. The first-order valence-corrected chi connectivity index (χ1v) is 10.2. The van der Waals surface area contributed by atoms with Crippen molar-refractivity contribution in [1.29, 1.82) is 0 Å². The third-order valence-corrected chi connectivity index (χ3v) is 5.06. The number of carboxylic acid groups (broad SMARTS) is 1. The van der Waals surface area contributed by atoms with Gasteiger partial charge in [-0.15, -0.1) is 0 Å². The fourth-order valence-electron chi connectivity index (χ4n) is 2.64. The third-order valence-electron chi connectivity index (χ3n) is 4.49. The highest BCUT2D eigenvalue weighted by atomic mass is 79.9. The number of nitrogens with zero attached hydrogens (tertiary/aromatic N) is 1. The molecule has 0 aliphatic heterocycles. The number of amides is 1. The van der Waals surface area contributed by atoms with Gasteiger partial charge >= 0.3 is 5.97 Å². The predicted molar refractivity (Wildman–Crippen MR) is 116 cm³/mol. The zero-order valence-electron chi connectivity index (χ0n) is 17.4. The highest BCUT2D eigenvalue weighted by molar-refractivity contribution is 9.10. The number of carbonyl (C=O) groups is 3. The highest BCUT2D eigenvalue weighted by Crippen LogP contribution is 2.25. The molecule has 1 amide bonds. The average molecular weight is 477 g/mol.